The monoisotopic (exact) mass is 374 g/mol. The molecule has 8 nitrogen and oxygen atoms in total. The van der Waals surface area contributed by atoms with Gasteiger partial charge in [0, 0.05) is 25.4 Å². The molecule has 2 aliphatic rings. The Balaban J connectivity index is 1.41. The summed E-state index contributed by atoms with van der Waals surface area (Å²) in [5, 5.41) is 13.1. The SMILES string of the molecule is O=C(O)CCCNC(=O)C1CCC(CN2NNc3ccccc3C2=O)CC1. The number of amides is 2. The molecule has 146 valence electrons. The average molecular weight is 374 g/mol. The van der Waals surface area contributed by atoms with Crippen molar-refractivity contribution >= 4 is 23.5 Å². The molecule has 1 aromatic rings. The molecule has 0 saturated heterocycles. The number of aliphatic carboxylic acids is 1. The molecular formula is C19H26N4O4. The van der Waals surface area contributed by atoms with Gasteiger partial charge in [-0.2, -0.15) is 0 Å². The number of nitrogens with zero attached hydrogens (tertiary/aromatic N) is 1. The van der Waals surface area contributed by atoms with Crippen molar-refractivity contribution in [2.24, 2.45) is 11.8 Å². The van der Waals surface area contributed by atoms with Gasteiger partial charge in [-0.3, -0.25) is 19.4 Å². The van der Waals surface area contributed by atoms with E-state index in [4.69, 9.17) is 5.11 Å². The van der Waals surface area contributed by atoms with Crippen molar-refractivity contribution in [1.82, 2.24) is 15.9 Å². The summed E-state index contributed by atoms with van der Waals surface area (Å²) < 4.78 is 0. The first-order chi connectivity index (χ1) is 13.0. The highest BCUT2D eigenvalue weighted by molar-refractivity contribution is 6.00. The molecule has 0 unspecified atom stereocenters. The van der Waals surface area contributed by atoms with Crippen LogP contribution >= 0.6 is 0 Å². The van der Waals surface area contributed by atoms with Crippen molar-refractivity contribution in [3.8, 4) is 0 Å². The van der Waals surface area contributed by atoms with Crippen LogP contribution in [0.1, 0.15) is 48.9 Å². The minimum atomic E-state index is -0.845. The van der Waals surface area contributed by atoms with E-state index in [1.807, 2.05) is 24.3 Å². The van der Waals surface area contributed by atoms with Crippen LogP contribution < -0.4 is 16.3 Å². The summed E-state index contributed by atoms with van der Waals surface area (Å²) >= 11 is 0. The van der Waals surface area contributed by atoms with Crippen LogP contribution in [0.2, 0.25) is 0 Å². The van der Waals surface area contributed by atoms with E-state index in [1.165, 1.54) is 0 Å². The minimum Gasteiger partial charge on any atom is -0.481 e. The van der Waals surface area contributed by atoms with Crippen molar-refractivity contribution in [3.63, 3.8) is 0 Å². The normalized spacial score (nSPS) is 21.9. The van der Waals surface area contributed by atoms with Crippen molar-refractivity contribution in [3.05, 3.63) is 29.8 Å². The van der Waals surface area contributed by atoms with E-state index in [9.17, 15) is 14.4 Å². The number of carboxylic acid groups (broad SMARTS) is 1. The zero-order valence-corrected chi connectivity index (χ0v) is 15.2. The van der Waals surface area contributed by atoms with Gasteiger partial charge in [0.2, 0.25) is 5.91 Å². The van der Waals surface area contributed by atoms with E-state index >= 15 is 0 Å². The number of hydrogen-bond acceptors (Lipinski definition) is 5. The third-order valence-electron chi connectivity index (χ3n) is 5.25. The van der Waals surface area contributed by atoms with Crippen LogP contribution in [-0.2, 0) is 9.59 Å². The van der Waals surface area contributed by atoms with Crippen molar-refractivity contribution in [2.45, 2.75) is 38.5 Å². The Morgan fingerprint density at radius 3 is 2.67 bits per heavy atom. The Labute approximate surface area is 158 Å². The summed E-state index contributed by atoms with van der Waals surface area (Å²) in [4.78, 5) is 35.2. The largest absolute Gasteiger partial charge is 0.481 e. The molecule has 1 fully saturated rings. The van der Waals surface area contributed by atoms with E-state index < -0.39 is 5.97 Å². The van der Waals surface area contributed by atoms with Crippen LogP contribution in [-0.4, -0.2) is 41.0 Å². The first-order valence-electron chi connectivity index (χ1n) is 9.46. The summed E-state index contributed by atoms with van der Waals surface area (Å²) in [6.45, 7) is 1.01. The fourth-order valence-electron chi connectivity index (χ4n) is 3.69. The predicted molar refractivity (Wildman–Crippen MR) is 99.6 cm³/mol. The second-order valence-corrected chi connectivity index (χ2v) is 7.20. The quantitative estimate of drug-likeness (QED) is 0.541. The van der Waals surface area contributed by atoms with Gasteiger partial charge in [0.15, 0.2) is 0 Å². The van der Waals surface area contributed by atoms with E-state index in [0.29, 0.717) is 31.0 Å². The molecule has 0 bridgehead atoms. The van der Waals surface area contributed by atoms with Gasteiger partial charge in [0.25, 0.3) is 5.91 Å². The molecular weight excluding hydrogens is 348 g/mol. The van der Waals surface area contributed by atoms with Crippen LogP contribution in [0.4, 0.5) is 5.69 Å². The summed E-state index contributed by atoms with van der Waals surface area (Å²) in [6, 6.07) is 7.40. The summed E-state index contributed by atoms with van der Waals surface area (Å²) in [5.41, 5.74) is 7.44. The first-order valence-corrected chi connectivity index (χ1v) is 9.46. The van der Waals surface area contributed by atoms with Gasteiger partial charge >= 0.3 is 5.97 Å². The lowest BCUT2D eigenvalue weighted by Gasteiger charge is -2.35. The number of carbonyl (C=O) groups is 3. The maximum atomic E-state index is 12.6. The predicted octanol–water partition coefficient (Wildman–Crippen LogP) is 1.76. The molecule has 1 aliphatic heterocycles. The summed E-state index contributed by atoms with van der Waals surface area (Å²) in [7, 11) is 0. The number of benzene rings is 1. The van der Waals surface area contributed by atoms with Gasteiger partial charge in [-0.25, -0.2) is 0 Å². The number of rotatable bonds is 7. The molecule has 1 aliphatic carbocycles. The first kappa shape index (κ1) is 19.2. The molecule has 0 spiro atoms. The van der Waals surface area contributed by atoms with E-state index in [2.05, 4.69) is 16.3 Å². The van der Waals surface area contributed by atoms with Gasteiger partial charge < -0.3 is 15.8 Å². The Kier molecular flexibility index (Phi) is 6.28. The van der Waals surface area contributed by atoms with Crippen LogP contribution in [0.15, 0.2) is 24.3 Å². The molecule has 8 heteroatoms. The molecule has 1 aromatic carbocycles. The van der Waals surface area contributed by atoms with Gasteiger partial charge in [-0.1, -0.05) is 12.1 Å². The molecule has 27 heavy (non-hydrogen) atoms. The third-order valence-corrected chi connectivity index (χ3v) is 5.25. The Bertz CT molecular complexity index is 701. The highest BCUT2D eigenvalue weighted by Gasteiger charge is 2.30. The Morgan fingerprint density at radius 2 is 1.93 bits per heavy atom. The number of hydrazine groups is 2. The number of nitrogens with one attached hydrogen (secondary N) is 3. The number of hydrogen-bond donors (Lipinski definition) is 4. The molecule has 3 rings (SSSR count). The Morgan fingerprint density at radius 1 is 1.19 bits per heavy atom. The third kappa shape index (κ3) is 4.97. The number of fused-ring (bicyclic) bond motifs is 1. The van der Waals surface area contributed by atoms with Crippen LogP contribution in [0.25, 0.3) is 0 Å². The van der Waals surface area contributed by atoms with Gasteiger partial charge in [0.1, 0.15) is 0 Å². The number of carboxylic acids is 1. The summed E-state index contributed by atoms with van der Waals surface area (Å²) in [6.07, 6.45) is 3.89. The number of anilines is 1. The highest BCUT2D eigenvalue weighted by Crippen LogP contribution is 2.30. The second kappa shape index (κ2) is 8.85. The fraction of sp³-hybridized carbons (Fsp3) is 0.526. The topological polar surface area (TPSA) is 111 Å². The fourth-order valence-corrected chi connectivity index (χ4v) is 3.69. The lowest BCUT2D eigenvalue weighted by atomic mass is 9.81. The van der Waals surface area contributed by atoms with Gasteiger partial charge in [-0.05, 0) is 50.2 Å². The molecule has 0 aromatic heterocycles. The van der Waals surface area contributed by atoms with Gasteiger partial charge in [0.05, 0.1) is 11.3 Å². The Hall–Kier alpha value is -2.61. The minimum absolute atomic E-state index is 0.0154. The standard InChI is InChI=1S/C19H26N4O4/c24-17(25)6-3-11-20-18(26)14-9-7-13(8-10-14)12-23-19(27)15-4-1-2-5-16(15)21-22-23/h1-2,4-5,13-14,21-22H,3,6-12H2,(H,20,26)(H,24,25). The molecule has 4 N–H and O–H groups in total. The van der Waals surface area contributed by atoms with Crippen LogP contribution in [0.5, 0.6) is 0 Å². The lowest BCUT2D eigenvalue weighted by Crippen LogP contribution is -2.52. The van der Waals surface area contributed by atoms with E-state index in [0.717, 1.165) is 31.4 Å². The molecule has 0 atom stereocenters. The summed E-state index contributed by atoms with van der Waals surface area (Å²) in [5.74, 6) is -0.536. The van der Waals surface area contributed by atoms with E-state index in [-0.39, 0.29) is 24.2 Å². The van der Waals surface area contributed by atoms with E-state index in [1.54, 1.807) is 5.01 Å². The van der Waals surface area contributed by atoms with Crippen LogP contribution in [0.3, 0.4) is 0 Å². The maximum absolute atomic E-state index is 12.6. The zero-order valence-electron chi connectivity index (χ0n) is 15.2. The molecule has 1 heterocycles. The average Bonchev–Trinajstić information content (AvgIpc) is 2.68. The smallest absolute Gasteiger partial charge is 0.303 e. The zero-order chi connectivity index (χ0) is 19.2. The van der Waals surface area contributed by atoms with Crippen molar-refractivity contribution < 1.29 is 19.5 Å². The van der Waals surface area contributed by atoms with Crippen LogP contribution in [0, 0.1) is 11.8 Å². The highest BCUT2D eigenvalue weighted by atomic mass is 16.4. The number of para-hydroxylation sites is 1. The molecule has 2 amide bonds. The van der Waals surface area contributed by atoms with Crippen molar-refractivity contribution in [1.29, 1.82) is 0 Å². The maximum Gasteiger partial charge on any atom is 0.303 e. The molecule has 1 saturated carbocycles. The van der Waals surface area contributed by atoms with Gasteiger partial charge in [-0.15, -0.1) is 5.53 Å². The van der Waals surface area contributed by atoms with Crippen molar-refractivity contribution in [2.75, 3.05) is 18.5 Å². The molecule has 0 radical (unpaired) electrons. The lowest BCUT2D eigenvalue weighted by molar-refractivity contribution is -0.137. The second-order valence-electron chi connectivity index (χ2n) is 7.20. The number of carbonyl (C=O) groups excluding carboxylic acids is 2.